The van der Waals surface area contributed by atoms with Crippen LogP contribution in [0.1, 0.15) is 49.3 Å². The zero-order chi connectivity index (χ0) is 37.7. The Labute approximate surface area is 291 Å². The minimum atomic E-state index is -5.08. The first kappa shape index (κ1) is 38.4. The number of rotatable bonds is 9. The van der Waals surface area contributed by atoms with Crippen LogP contribution in [0.25, 0.3) is 15.9 Å². The summed E-state index contributed by atoms with van der Waals surface area (Å²) in [6, 6.07) is 22.0. The van der Waals surface area contributed by atoms with Gasteiger partial charge in [0.2, 0.25) is 5.91 Å². The highest BCUT2D eigenvalue weighted by Gasteiger charge is 2.39. The standard InChI is InChI=1S/C32H35N5O6S.C2HF3O2/c1-32(2,3)37(31(40)41)26(18-20-9-5-4-6-10-20)30(39)35-25(29-33-23-11-7-8-12-24(23)34-29)17-21-13-15-22(16-14-21)27-19-28(38)36-44(27,42)43;3-2(4,5)1(6)7/h4-16,19,25-26,42-43H,17-18H2,1-3H3,(H,33,34)(H,35,39)(H,36,38)(H,40,41);(H,6,7)/t25?,26-;/m0./s1. The molecule has 0 saturated heterocycles. The first-order chi connectivity index (χ1) is 23.8. The first-order valence-corrected chi connectivity index (χ1v) is 16.8. The fourth-order valence-corrected chi connectivity index (χ4v) is 6.55. The number of carbonyl (C=O) groups excluding carboxylic acids is 2. The van der Waals surface area contributed by atoms with Gasteiger partial charge < -0.3 is 20.5 Å². The fraction of sp³-hybridized carbons (Fsp3) is 0.265. The third-order valence-electron chi connectivity index (χ3n) is 7.60. The molecule has 3 amide bonds. The quantitative estimate of drug-likeness (QED) is 0.106. The number of hydrogen-bond donors (Lipinski definition) is 7. The molecule has 3 aromatic carbocycles. The lowest BCUT2D eigenvalue weighted by Gasteiger charge is -2.39. The van der Waals surface area contributed by atoms with E-state index in [1.54, 1.807) is 45.0 Å². The van der Waals surface area contributed by atoms with Crippen molar-refractivity contribution in [2.45, 2.75) is 57.4 Å². The smallest absolute Gasteiger partial charge is 0.475 e. The number of aromatic amines is 1. The van der Waals surface area contributed by atoms with Crippen molar-refractivity contribution in [2.75, 3.05) is 0 Å². The van der Waals surface area contributed by atoms with Gasteiger partial charge in [-0.2, -0.15) is 13.2 Å². The Morgan fingerprint density at radius 2 is 1.45 bits per heavy atom. The molecular formula is C34H36F3N5O8S. The Morgan fingerprint density at radius 3 is 1.96 bits per heavy atom. The van der Waals surface area contributed by atoms with Crippen LogP contribution < -0.4 is 10.0 Å². The number of nitrogens with one attached hydrogen (secondary N) is 3. The van der Waals surface area contributed by atoms with Gasteiger partial charge in [0.15, 0.2) is 0 Å². The number of aromatic nitrogens is 2. The highest BCUT2D eigenvalue weighted by molar-refractivity contribution is 8.31. The van der Waals surface area contributed by atoms with Crippen LogP contribution >= 0.6 is 10.8 Å². The summed E-state index contributed by atoms with van der Waals surface area (Å²) in [5.74, 6) is -3.30. The SMILES string of the molecule is CC(C)(C)N(C(=O)O)[C@@H](Cc1ccccc1)C(=O)NC(Cc1ccc(C2=CC(=O)NS2(O)O)cc1)c1nc2ccccc2[nH]1.O=C(O)C(F)(F)F. The summed E-state index contributed by atoms with van der Waals surface area (Å²) < 4.78 is 54.4. The Bertz CT molecular complexity index is 1890. The summed E-state index contributed by atoms with van der Waals surface area (Å²) in [5, 5.41) is 20.4. The van der Waals surface area contributed by atoms with Gasteiger partial charge in [-0.3, -0.25) is 23.6 Å². The van der Waals surface area contributed by atoms with Gasteiger partial charge in [-0.1, -0.05) is 77.5 Å². The number of fused-ring (bicyclic) bond motifs is 1. The number of alkyl halides is 3. The number of nitrogens with zero attached hydrogens (tertiary/aromatic N) is 2. The zero-order valence-corrected chi connectivity index (χ0v) is 28.3. The lowest BCUT2D eigenvalue weighted by Crippen LogP contribution is -2.58. The predicted octanol–water partition coefficient (Wildman–Crippen LogP) is 6.12. The average molecular weight is 732 g/mol. The molecule has 1 aliphatic heterocycles. The van der Waals surface area contributed by atoms with Crippen molar-refractivity contribution in [3.05, 3.63) is 107 Å². The molecule has 1 aliphatic rings. The number of carboxylic acids is 1. The van der Waals surface area contributed by atoms with Crippen LogP contribution in [0.5, 0.6) is 0 Å². The molecule has 17 heteroatoms. The van der Waals surface area contributed by atoms with Crippen molar-refractivity contribution in [1.82, 2.24) is 24.9 Å². The molecule has 2 atom stereocenters. The van der Waals surface area contributed by atoms with Crippen molar-refractivity contribution in [2.24, 2.45) is 0 Å². The summed E-state index contributed by atoms with van der Waals surface area (Å²) in [4.78, 5) is 56.6. The maximum Gasteiger partial charge on any atom is 0.490 e. The lowest BCUT2D eigenvalue weighted by atomic mass is 9.97. The Kier molecular flexibility index (Phi) is 11.5. The number of para-hydroxylation sites is 2. The molecule has 7 N–H and O–H groups in total. The number of imidazole rings is 1. The summed E-state index contributed by atoms with van der Waals surface area (Å²) in [7, 11) is -3.42. The van der Waals surface area contributed by atoms with E-state index in [0.717, 1.165) is 28.2 Å². The van der Waals surface area contributed by atoms with Gasteiger partial charge in [0.25, 0.3) is 5.91 Å². The molecule has 272 valence electrons. The largest absolute Gasteiger partial charge is 0.490 e. The van der Waals surface area contributed by atoms with E-state index >= 15 is 0 Å². The fourth-order valence-electron chi connectivity index (χ4n) is 5.36. The van der Waals surface area contributed by atoms with E-state index in [9.17, 15) is 41.8 Å². The van der Waals surface area contributed by atoms with E-state index < -0.39 is 58.5 Å². The number of halogens is 3. The number of amides is 3. The van der Waals surface area contributed by atoms with Crippen LogP contribution in [0.15, 0.2) is 84.9 Å². The van der Waals surface area contributed by atoms with Crippen LogP contribution in [0.2, 0.25) is 0 Å². The molecule has 1 aromatic heterocycles. The van der Waals surface area contributed by atoms with Gasteiger partial charge in [0.1, 0.15) is 11.9 Å². The van der Waals surface area contributed by atoms with E-state index in [-0.39, 0.29) is 11.3 Å². The highest BCUT2D eigenvalue weighted by atomic mass is 32.3. The summed E-state index contributed by atoms with van der Waals surface area (Å²) in [6.07, 6.45) is -4.66. The Balaban J connectivity index is 0.000000755. The normalized spacial score (nSPS) is 15.8. The van der Waals surface area contributed by atoms with Crippen molar-refractivity contribution >= 4 is 50.6 Å². The van der Waals surface area contributed by atoms with Crippen LogP contribution in [0.3, 0.4) is 0 Å². The molecule has 5 rings (SSSR count). The second kappa shape index (κ2) is 15.2. The van der Waals surface area contributed by atoms with Crippen LogP contribution in [0, 0.1) is 0 Å². The van der Waals surface area contributed by atoms with E-state index in [1.165, 1.54) is 4.90 Å². The molecule has 0 saturated carbocycles. The van der Waals surface area contributed by atoms with Gasteiger partial charge in [-0.25, -0.2) is 19.3 Å². The minimum absolute atomic E-state index is 0.107. The van der Waals surface area contributed by atoms with E-state index in [4.69, 9.17) is 14.9 Å². The number of benzene rings is 3. The van der Waals surface area contributed by atoms with Gasteiger partial charge in [-0.15, -0.1) is 0 Å². The number of aliphatic carboxylic acids is 1. The third-order valence-corrected chi connectivity index (χ3v) is 9.05. The average Bonchev–Trinajstić information content (AvgIpc) is 3.59. The van der Waals surface area contributed by atoms with Crippen molar-refractivity contribution in [3.63, 3.8) is 0 Å². The van der Waals surface area contributed by atoms with Crippen LogP contribution in [0.4, 0.5) is 18.0 Å². The van der Waals surface area contributed by atoms with Gasteiger partial charge >= 0.3 is 18.2 Å². The Hall–Kier alpha value is -5.39. The maximum absolute atomic E-state index is 14.1. The number of carbonyl (C=O) groups is 4. The number of hydrogen-bond acceptors (Lipinski definition) is 7. The molecule has 51 heavy (non-hydrogen) atoms. The second-order valence-electron chi connectivity index (χ2n) is 12.5. The zero-order valence-electron chi connectivity index (χ0n) is 27.5. The second-order valence-corrected chi connectivity index (χ2v) is 14.2. The molecule has 0 radical (unpaired) electrons. The molecule has 0 aliphatic carbocycles. The Morgan fingerprint density at radius 1 is 0.882 bits per heavy atom. The molecule has 0 bridgehead atoms. The third kappa shape index (κ3) is 9.87. The van der Waals surface area contributed by atoms with Gasteiger partial charge in [-0.05, 0) is 56.0 Å². The van der Waals surface area contributed by atoms with Crippen LogP contribution in [-0.2, 0) is 27.2 Å². The summed E-state index contributed by atoms with van der Waals surface area (Å²) in [5.41, 5.74) is 2.72. The van der Waals surface area contributed by atoms with E-state index in [0.29, 0.717) is 17.8 Å². The van der Waals surface area contributed by atoms with Crippen molar-refractivity contribution < 1.29 is 51.7 Å². The molecule has 2 heterocycles. The minimum Gasteiger partial charge on any atom is -0.475 e. The van der Waals surface area contributed by atoms with Gasteiger partial charge in [0.05, 0.1) is 22.0 Å². The van der Waals surface area contributed by atoms with Crippen LogP contribution in [-0.4, -0.2) is 75.8 Å². The number of H-pyrrole nitrogens is 1. The predicted molar refractivity (Wildman–Crippen MR) is 183 cm³/mol. The topological polar surface area (TPSA) is 205 Å². The summed E-state index contributed by atoms with van der Waals surface area (Å²) in [6.45, 7) is 5.26. The molecular weight excluding hydrogens is 695 g/mol. The van der Waals surface area contributed by atoms with Crippen molar-refractivity contribution in [3.8, 4) is 0 Å². The molecule has 13 nitrogen and oxygen atoms in total. The maximum atomic E-state index is 14.1. The monoisotopic (exact) mass is 731 g/mol. The molecule has 0 fully saturated rings. The first-order valence-electron chi connectivity index (χ1n) is 15.3. The van der Waals surface area contributed by atoms with E-state index in [1.807, 2.05) is 54.6 Å². The van der Waals surface area contributed by atoms with E-state index in [2.05, 4.69) is 15.0 Å². The lowest BCUT2D eigenvalue weighted by molar-refractivity contribution is -0.192. The summed E-state index contributed by atoms with van der Waals surface area (Å²) >= 11 is 0. The van der Waals surface area contributed by atoms with Gasteiger partial charge in [0, 0.05) is 18.0 Å². The molecule has 0 spiro atoms. The molecule has 1 unspecified atom stereocenters. The highest BCUT2D eigenvalue weighted by Crippen LogP contribution is 2.52. The molecule has 4 aromatic rings. The number of carboxylic acid groups (broad SMARTS) is 2. The van der Waals surface area contributed by atoms with Crippen molar-refractivity contribution in [1.29, 1.82) is 0 Å².